The molecule has 6 heteroatoms. The minimum Gasteiger partial charge on any atom is -0.479 e. The molecule has 0 bridgehead atoms. The molecule has 0 aromatic carbocycles. The van der Waals surface area contributed by atoms with Gasteiger partial charge in [-0.05, 0) is 36.8 Å². The van der Waals surface area contributed by atoms with E-state index in [0.717, 1.165) is 17.7 Å². The van der Waals surface area contributed by atoms with Gasteiger partial charge in [0.2, 0.25) is 0 Å². The second-order valence-corrected chi connectivity index (χ2v) is 6.99. The van der Waals surface area contributed by atoms with Crippen LogP contribution in [-0.2, 0) is 22.4 Å². The average Bonchev–Trinajstić information content (AvgIpc) is 2.89. The molecule has 3 rings (SSSR count). The number of morpholine rings is 1. The summed E-state index contributed by atoms with van der Waals surface area (Å²) in [7, 11) is 0. The topological polar surface area (TPSA) is 66.8 Å². The minimum absolute atomic E-state index is 0.0587. The van der Waals surface area contributed by atoms with Crippen LogP contribution in [0.2, 0.25) is 0 Å². The maximum atomic E-state index is 12.6. The van der Waals surface area contributed by atoms with Gasteiger partial charge in [0.25, 0.3) is 5.91 Å². The van der Waals surface area contributed by atoms with Crippen LogP contribution in [0.25, 0.3) is 0 Å². The van der Waals surface area contributed by atoms with Gasteiger partial charge in [-0.2, -0.15) is 0 Å². The first-order chi connectivity index (χ1) is 10.0. The van der Waals surface area contributed by atoms with Crippen LogP contribution in [0.15, 0.2) is 6.07 Å². The lowest BCUT2D eigenvalue weighted by molar-refractivity contribution is -0.154. The SMILES string of the molecule is C[C@H]1CCc2sc(C(=O)N3CCO[C@@H](C(=O)O)C3)cc2C1. The van der Waals surface area contributed by atoms with Crippen LogP contribution in [-0.4, -0.2) is 47.7 Å². The molecular weight excluding hydrogens is 290 g/mol. The molecule has 2 aliphatic rings. The first-order valence-electron chi connectivity index (χ1n) is 7.30. The third-order valence-electron chi connectivity index (χ3n) is 4.17. The van der Waals surface area contributed by atoms with Gasteiger partial charge in [0, 0.05) is 11.4 Å². The van der Waals surface area contributed by atoms with Crippen LogP contribution in [0, 0.1) is 5.92 Å². The summed E-state index contributed by atoms with van der Waals surface area (Å²) < 4.78 is 5.16. The Bertz CT molecular complexity index is 568. The number of hydrogen-bond acceptors (Lipinski definition) is 4. The van der Waals surface area contributed by atoms with E-state index in [0.29, 0.717) is 12.5 Å². The third-order valence-corrected chi connectivity index (χ3v) is 5.39. The number of amides is 1. The van der Waals surface area contributed by atoms with Gasteiger partial charge in [-0.1, -0.05) is 6.92 Å². The molecule has 1 aromatic rings. The number of aryl methyl sites for hydroxylation is 1. The zero-order chi connectivity index (χ0) is 15.0. The minimum atomic E-state index is -1.01. The highest BCUT2D eigenvalue weighted by Gasteiger charge is 2.31. The van der Waals surface area contributed by atoms with Crippen LogP contribution < -0.4 is 0 Å². The predicted molar refractivity (Wildman–Crippen MR) is 78.8 cm³/mol. The Morgan fingerprint density at radius 1 is 1.48 bits per heavy atom. The molecule has 1 aromatic heterocycles. The fourth-order valence-electron chi connectivity index (χ4n) is 2.95. The van der Waals surface area contributed by atoms with Crippen molar-refractivity contribution in [2.24, 2.45) is 5.92 Å². The lowest BCUT2D eigenvalue weighted by Crippen LogP contribution is -2.48. The molecule has 2 heterocycles. The number of ether oxygens (including phenoxy) is 1. The largest absolute Gasteiger partial charge is 0.479 e. The average molecular weight is 309 g/mol. The maximum absolute atomic E-state index is 12.6. The summed E-state index contributed by atoms with van der Waals surface area (Å²) in [6.45, 7) is 3.11. The molecular formula is C15H19NO4S. The van der Waals surface area contributed by atoms with Gasteiger partial charge >= 0.3 is 5.97 Å². The maximum Gasteiger partial charge on any atom is 0.334 e. The molecule has 0 saturated carbocycles. The van der Waals surface area contributed by atoms with E-state index in [1.165, 1.54) is 16.9 Å². The summed E-state index contributed by atoms with van der Waals surface area (Å²) in [4.78, 5) is 27.2. The number of hydrogen-bond donors (Lipinski definition) is 1. The fourth-order valence-corrected chi connectivity index (χ4v) is 4.13. The quantitative estimate of drug-likeness (QED) is 0.904. The number of carbonyl (C=O) groups is 2. The van der Waals surface area contributed by atoms with E-state index in [2.05, 4.69) is 6.92 Å². The molecule has 1 amide bonds. The number of aliphatic carboxylic acids is 1. The van der Waals surface area contributed by atoms with Crippen molar-refractivity contribution in [3.05, 3.63) is 21.4 Å². The molecule has 1 aliphatic carbocycles. The van der Waals surface area contributed by atoms with Gasteiger partial charge in [0.1, 0.15) is 0 Å². The Hall–Kier alpha value is -1.40. The van der Waals surface area contributed by atoms with Gasteiger partial charge in [0.05, 0.1) is 18.0 Å². The molecule has 114 valence electrons. The summed E-state index contributed by atoms with van der Waals surface area (Å²) in [5, 5.41) is 9.01. The van der Waals surface area contributed by atoms with Crippen molar-refractivity contribution in [3.8, 4) is 0 Å². The van der Waals surface area contributed by atoms with Crippen LogP contribution in [0.5, 0.6) is 0 Å². The highest BCUT2D eigenvalue weighted by atomic mass is 32.1. The third kappa shape index (κ3) is 2.96. The number of nitrogens with zero attached hydrogens (tertiary/aromatic N) is 1. The number of carboxylic acids is 1. The van der Waals surface area contributed by atoms with Gasteiger partial charge < -0.3 is 14.7 Å². The Morgan fingerprint density at radius 3 is 3.05 bits per heavy atom. The van der Waals surface area contributed by atoms with E-state index < -0.39 is 12.1 Å². The lowest BCUT2D eigenvalue weighted by atomic mass is 9.90. The second kappa shape index (κ2) is 5.77. The van der Waals surface area contributed by atoms with E-state index >= 15 is 0 Å². The number of carbonyl (C=O) groups excluding carboxylic acids is 1. The molecule has 0 unspecified atom stereocenters. The van der Waals surface area contributed by atoms with Gasteiger partial charge in [-0.15, -0.1) is 11.3 Å². The molecule has 21 heavy (non-hydrogen) atoms. The smallest absolute Gasteiger partial charge is 0.334 e. The highest BCUT2D eigenvalue weighted by Crippen LogP contribution is 2.32. The van der Waals surface area contributed by atoms with Crippen molar-refractivity contribution in [3.63, 3.8) is 0 Å². The molecule has 1 N–H and O–H groups in total. The van der Waals surface area contributed by atoms with Crippen LogP contribution >= 0.6 is 11.3 Å². The highest BCUT2D eigenvalue weighted by molar-refractivity contribution is 7.14. The molecule has 1 fully saturated rings. The van der Waals surface area contributed by atoms with Gasteiger partial charge in [-0.25, -0.2) is 4.79 Å². The number of fused-ring (bicyclic) bond motifs is 1. The molecule has 2 atom stereocenters. The summed E-state index contributed by atoms with van der Waals surface area (Å²) >= 11 is 1.57. The van der Waals surface area contributed by atoms with E-state index in [-0.39, 0.29) is 19.1 Å². The van der Waals surface area contributed by atoms with Crippen LogP contribution in [0.1, 0.15) is 33.5 Å². The Morgan fingerprint density at radius 2 is 2.29 bits per heavy atom. The van der Waals surface area contributed by atoms with Crippen molar-refractivity contribution in [2.45, 2.75) is 32.3 Å². The molecule has 5 nitrogen and oxygen atoms in total. The van der Waals surface area contributed by atoms with Crippen molar-refractivity contribution < 1.29 is 19.4 Å². The summed E-state index contributed by atoms with van der Waals surface area (Å²) in [6, 6.07) is 2.00. The first-order valence-corrected chi connectivity index (χ1v) is 8.11. The molecule has 1 aliphatic heterocycles. The van der Waals surface area contributed by atoms with Crippen molar-refractivity contribution in [1.29, 1.82) is 0 Å². The van der Waals surface area contributed by atoms with Crippen molar-refractivity contribution in [2.75, 3.05) is 19.7 Å². The standard InChI is InChI=1S/C15H19NO4S/c1-9-2-3-12-10(6-9)7-13(21-12)14(17)16-4-5-20-11(8-16)15(18)19/h7,9,11H,2-6,8H2,1H3,(H,18,19)/t9-,11+/m0/s1. The Kier molecular flexibility index (Phi) is 3.99. The van der Waals surface area contributed by atoms with E-state index in [1.54, 1.807) is 16.2 Å². The summed E-state index contributed by atoms with van der Waals surface area (Å²) in [6.07, 6.45) is 2.37. The summed E-state index contributed by atoms with van der Waals surface area (Å²) in [5.74, 6) is -0.391. The molecule has 1 saturated heterocycles. The number of thiophene rings is 1. The monoisotopic (exact) mass is 309 g/mol. The lowest BCUT2D eigenvalue weighted by Gasteiger charge is -2.30. The fraction of sp³-hybridized carbons (Fsp3) is 0.600. The number of carboxylic acid groups (broad SMARTS) is 1. The van der Waals surface area contributed by atoms with Crippen molar-refractivity contribution >= 4 is 23.2 Å². The van der Waals surface area contributed by atoms with E-state index in [9.17, 15) is 9.59 Å². The first kappa shape index (κ1) is 14.5. The normalized spacial score (nSPS) is 25.5. The second-order valence-electron chi connectivity index (χ2n) is 5.86. The van der Waals surface area contributed by atoms with Crippen molar-refractivity contribution in [1.82, 2.24) is 4.90 Å². The van der Waals surface area contributed by atoms with E-state index in [4.69, 9.17) is 9.84 Å². The van der Waals surface area contributed by atoms with E-state index in [1.807, 2.05) is 6.07 Å². The molecule has 0 spiro atoms. The Balaban J connectivity index is 1.74. The van der Waals surface area contributed by atoms with Crippen LogP contribution in [0.4, 0.5) is 0 Å². The zero-order valence-electron chi connectivity index (χ0n) is 12.0. The Labute approximate surface area is 127 Å². The van der Waals surface area contributed by atoms with Crippen LogP contribution in [0.3, 0.4) is 0 Å². The van der Waals surface area contributed by atoms with Gasteiger partial charge in [-0.3, -0.25) is 4.79 Å². The predicted octanol–water partition coefficient (Wildman–Crippen LogP) is 1.80. The van der Waals surface area contributed by atoms with Gasteiger partial charge in [0.15, 0.2) is 6.10 Å². The number of rotatable bonds is 2. The molecule has 0 radical (unpaired) electrons. The zero-order valence-corrected chi connectivity index (χ0v) is 12.8. The summed E-state index contributed by atoms with van der Waals surface area (Å²) in [5.41, 5.74) is 1.30.